The third-order valence-corrected chi connectivity index (χ3v) is 4.38. The number of hydrogen-bond donors (Lipinski definition) is 2. The van der Waals surface area contributed by atoms with Crippen LogP contribution in [0.25, 0.3) is 0 Å². The van der Waals surface area contributed by atoms with Gasteiger partial charge in [-0.2, -0.15) is 5.10 Å². The van der Waals surface area contributed by atoms with Crippen molar-refractivity contribution in [2.24, 2.45) is 16.8 Å². The van der Waals surface area contributed by atoms with Crippen molar-refractivity contribution in [3.05, 3.63) is 16.8 Å². The highest BCUT2D eigenvalue weighted by molar-refractivity contribution is 6.00. The minimum Gasteiger partial charge on any atom is -0.473 e. The quantitative estimate of drug-likeness (QED) is 0.385. The molecule has 1 aromatic rings. The van der Waals surface area contributed by atoms with Crippen LogP contribution < -0.4 is 10.5 Å². The lowest BCUT2D eigenvalue weighted by atomic mass is 9.85. The standard InChI is InChI=1S/C15H24N4O2/c1-4-11-6-5-7-12(8-11)21-15-13(14(16)19-20)9(2)10(3)17-18-15/h11-12,20H,4-8H2,1-3H3,(H2,16,19). The van der Waals surface area contributed by atoms with E-state index < -0.39 is 0 Å². The lowest BCUT2D eigenvalue weighted by molar-refractivity contribution is 0.115. The molecular formula is C15H24N4O2. The Bertz CT molecular complexity index is 531. The van der Waals surface area contributed by atoms with Gasteiger partial charge >= 0.3 is 0 Å². The Balaban J connectivity index is 2.25. The van der Waals surface area contributed by atoms with Crippen LogP contribution in [-0.2, 0) is 0 Å². The molecule has 0 spiro atoms. The Morgan fingerprint density at radius 2 is 2.14 bits per heavy atom. The van der Waals surface area contributed by atoms with Gasteiger partial charge in [-0.05, 0) is 44.6 Å². The number of nitrogens with zero attached hydrogens (tertiary/aromatic N) is 3. The fourth-order valence-electron chi connectivity index (χ4n) is 2.90. The van der Waals surface area contributed by atoms with E-state index in [0.29, 0.717) is 17.4 Å². The predicted octanol–water partition coefficient (Wildman–Crippen LogP) is 2.54. The normalized spacial score (nSPS) is 23.1. The number of aromatic nitrogens is 2. The second-order valence-electron chi connectivity index (χ2n) is 5.76. The van der Waals surface area contributed by atoms with E-state index >= 15 is 0 Å². The molecule has 6 nitrogen and oxygen atoms in total. The molecule has 2 atom stereocenters. The first-order chi connectivity index (χ1) is 10.1. The minimum atomic E-state index is 0.0170. The first kappa shape index (κ1) is 15.5. The maximum absolute atomic E-state index is 8.97. The molecule has 0 amide bonds. The molecule has 1 aliphatic rings. The fraction of sp³-hybridized carbons (Fsp3) is 0.667. The maximum atomic E-state index is 8.97. The highest BCUT2D eigenvalue weighted by Crippen LogP contribution is 2.30. The van der Waals surface area contributed by atoms with Gasteiger partial charge < -0.3 is 15.7 Å². The molecule has 0 aromatic carbocycles. The highest BCUT2D eigenvalue weighted by Gasteiger charge is 2.25. The predicted molar refractivity (Wildman–Crippen MR) is 80.7 cm³/mol. The zero-order valence-electron chi connectivity index (χ0n) is 13.0. The molecule has 0 saturated heterocycles. The zero-order valence-corrected chi connectivity index (χ0v) is 13.0. The van der Waals surface area contributed by atoms with Gasteiger partial charge in [0.25, 0.3) is 0 Å². The number of amidine groups is 1. The summed E-state index contributed by atoms with van der Waals surface area (Å²) in [6, 6.07) is 0. The van der Waals surface area contributed by atoms with Crippen LogP contribution >= 0.6 is 0 Å². The van der Waals surface area contributed by atoms with Crippen molar-refractivity contribution in [3.63, 3.8) is 0 Å². The van der Waals surface area contributed by atoms with Crippen molar-refractivity contribution in [1.29, 1.82) is 0 Å². The molecule has 0 aliphatic heterocycles. The molecule has 0 radical (unpaired) electrons. The third-order valence-electron chi connectivity index (χ3n) is 4.38. The molecular weight excluding hydrogens is 268 g/mol. The summed E-state index contributed by atoms with van der Waals surface area (Å²) in [5.41, 5.74) is 7.90. The van der Waals surface area contributed by atoms with Gasteiger partial charge in [0.1, 0.15) is 6.10 Å². The fourth-order valence-corrected chi connectivity index (χ4v) is 2.90. The van der Waals surface area contributed by atoms with Crippen molar-refractivity contribution in [1.82, 2.24) is 10.2 Å². The largest absolute Gasteiger partial charge is 0.473 e. The maximum Gasteiger partial charge on any atom is 0.245 e. The SMILES string of the molecule is CCC1CCCC(Oc2nnc(C)c(C)c2C(N)=NO)C1. The second-order valence-corrected chi connectivity index (χ2v) is 5.76. The van der Waals surface area contributed by atoms with E-state index in [1.807, 2.05) is 13.8 Å². The number of nitrogens with two attached hydrogens (primary N) is 1. The highest BCUT2D eigenvalue weighted by atomic mass is 16.5. The summed E-state index contributed by atoms with van der Waals surface area (Å²) in [4.78, 5) is 0. The van der Waals surface area contributed by atoms with Gasteiger partial charge in [-0.1, -0.05) is 24.9 Å². The van der Waals surface area contributed by atoms with Crippen LogP contribution in [0.15, 0.2) is 5.16 Å². The summed E-state index contributed by atoms with van der Waals surface area (Å²) in [6.07, 6.45) is 5.78. The summed E-state index contributed by atoms with van der Waals surface area (Å²) < 4.78 is 6.03. The van der Waals surface area contributed by atoms with E-state index in [4.69, 9.17) is 15.7 Å². The van der Waals surface area contributed by atoms with E-state index in [1.54, 1.807) is 0 Å². The number of ether oxygens (including phenoxy) is 1. The molecule has 1 aliphatic carbocycles. The van der Waals surface area contributed by atoms with Crippen LogP contribution in [0.4, 0.5) is 0 Å². The Morgan fingerprint density at radius 3 is 2.81 bits per heavy atom. The Morgan fingerprint density at radius 1 is 1.38 bits per heavy atom. The number of oxime groups is 1. The minimum absolute atomic E-state index is 0.0170. The van der Waals surface area contributed by atoms with Crippen molar-refractivity contribution >= 4 is 5.84 Å². The topological polar surface area (TPSA) is 93.6 Å². The zero-order chi connectivity index (χ0) is 15.4. The van der Waals surface area contributed by atoms with Crippen LogP contribution in [0, 0.1) is 19.8 Å². The monoisotopic (exact) mass is 292 g/mol. The Labute approximate surface area is 125 Å². The number of aryl methyl sites for hydroxylation is 1. The van der Waals surface area contributed by atoms with Gasteiger partial charge in [0.2, 0.25) is 5.88 Å². The molecule has 1 aromatic heterocycles. The van der Waals surface area contributed by atoms with Crippen molar-refractivity contribution < 1.29 is 9.94 Å². The van der Waals surface area contributed by atoms with Crippen LogP contribution in [0.1, 0.15) is 55.8 Å². The molecule has 0 bridgehead atoms. The molecule has 3 N–H and O–H groups in total. The van der Waals surface area contributed by atoms with Crippen LogP contribution in [-0.4, -0.2) is 27.3 Å². The summed E-state index contributed by atoms with van der Waals surface area (Å²) >= 11 is 0. The summed E-state index contributed by atoms with van der Waals surface area (Å²) in [5.74, 6) is 1.09. The van der Waals surface area contributed by atoms with Crippen molar-refractivity contribution in [2.45, 2.75) is 59.0 Å². The third kappa shape index (κ3) is 3.43. The lowest BCUT2D eigenvalue weighted by Gasteiger charge is -2.29. The second kappa shape index (κ2) is 6.74. The van der Waals surface area contributed by atoms with Crippen LogP contribution in [0.3, 0.4) is 0 Å². The van der Waals surface area contributed by atoms with E-state index in [-0.39, 0.29) is 11.9 Å². The first-order valence-electron chi connectivity index (χ1n) is 7.55. The molecule has 2 rings (SSSR count). The summed E-state index contributed by atoms with van der Waals surface area (Å²) in [7, 11) is 0. The Kier molecular flexibility index (Phi) is 4.98. The summed E-state index contributed by atoms with van der Waals surface area (Å²) in [6.45, 7) is 5.93. The van der Waals surface area contributed by atoms with Gasteiger partial charge in [-0.15, -0.1) is 5.10 Å². The molecule has 1 fully saturated rings. The summed E-state index contributed by atoms with van der Waals surface area (Å²) in [5, 5.41) is 20.3. The molecule has 1 heterocycles. The van der Waals surface area contributed by atoms with Gasteiger partial charge in [-0.3, -0.25) is 0 Å². The molecule has 2 unspecified atom stereocenters. The van der Waals surface area contributed by atoms with Gasteiger partial charge in [0, 0.05) is 0 Å². The van der Waals surface area contributed by atoms with E-state index in [1.165, 1.54) is 19.3 Å². The molecule has 6 heteroatoms. The van der Waals surface area contributed by atoms with E-state index in [2.05, 4.69) is 22.3 Å². The van der Waals surface area contributed by atoms with Gasteiger partial charge in [0.15, 0.2) is 5.84 Å². The van der Waals surface area contributed by atoms with Crippen LogP contribution in [0.2, 0.25) is 0 Å². The number of hydrogen-bond acceptors (Lipinski definition) is 5. The van der Waals surface area contributed by atoms with Crippen LogP contribution in [0.5, 0.6) is 5.88 Å². The van der Waals surface area contributed by atoms with E-state index in [0.717, 1.165) is 24.1 Å². The smallest absolute Gasteiger partial charge is 0.245 e. The average Bonchev–Trinajstić information content (AvgIpc) is 2.51. The molecule has 1 saturated carbocycles. The van der Waals surface area contributed by atoms with Gasteiger partial charge in [-0.25, -0.2) is 0 Å². The van der Waals surface area contributed by atoms with E-state index in [9.17, 15) is 0 Å². The molecule has 21 heavy (non-hydrogen) atoms. The van der Waals surface area contributed by atoms with Crippen molar-refractivity contribution in [2.75, 3.05) is 0 Å². The van der Waals surface area contributed by atoms with Crippen molar-refractivity contribution in [3.8, 4) is 5.88 Å². The Hall–Kier alpha value is -1.85. The first-order valence-corrected chi connectivity index (χ1v) is 7.55. The lowest BCUT2D eigenvalue weighted by Crippen LogP contribution is -2.27. The van der Waals surface area contributed by atoms with Gasteiger partial charge in [0.05, 0.1) is 11.3 Å². The molecule has 116 valence electrons. The average molecular weight is 292 g/mol. The number of rotatable bonds is 4.